The van der Waals surface area contributed by atoms with Gasteiger partial charge in [-0.2, -0.15) is 0 Å². The summed E-state index contributed by atoms with van der Waals surface area (Å²) in [6, 6.07) is 12.6. The molecule has 1 aliphatic heterocycles. The molecule has 0 amide bonds. The number of hydrogen-bond donors (Lipinski definition) is 2. The van der Waals surface area contributed by atoms with Crippen molar-refractivity contribution >= 4 is 62.2 Å². The average molecular weight is 628 g/mol. The van der Waals surface area contributed by atoms with E-state index in [1.807, 2.05) is 24.3 Å². The number of rotatable bonds is 10. The van der Waals surface area contributed by atoms with Gasteiger partial charge in [0, 0.05) is 35.3 Å². The van der Waals surface area contributed by atoms with E-state index in [9.17, 15) is 18.0 Å². The molecule has 0 unspecified atom stereocenters. The Bertz CT molecular complexity index is 1520. The molecule has 1 fully saturated rings. The lowest BCUT2D eigenvalue weighted by molar-refractivity contribution is -0.139. The number of piperidine rings is 1. The van der Waals surface area contributed by atoms with Gasteiger partial charge in [0.15, 0.2) is 11.5 Å². The van der Waals surface area contributed by atoms with Gasteiger partial charge in [-0.3, -0.25) is 0 Å². The first kappa shape index (κ1) is 30.1. The van der Waals surface area contributed by atoms with Crippen LogP contribution in [0.4, 0.5) is 5.69 Å². The average Bonchev–Trinajstić information content (AvgIpc) is 3.26. The number of esters is 1. The number of halogens is 2. The number of anilines is 1. The lowest BCUT2D eigenvalue weighted by Gasteiger charge is -2.32. The zero-order valence-electron chi connectivity index (χ0n) is 21.8. The predicted molar refractivity (Wildman–Crippen MR) is 156 cm³/mol. The topological polar surface area (TPSA) is 122 Å². The van der Waals surface area contributed by atoms with Crippen LogP contribution in [-0.2, 0) is 25.3 Å². The highest BCUT2D eigenvalue weighted by Crippen LogP contribution is 2.42. The molecule has 0 radical (unpaired) electrons. The Morgan fingerprint density at radius 1 is 1.15 bits per heavy atom. The maximum Gasteiger partial charge on any atom is 0.351 e. The fourth-order valence-electron chi connectivity index (χ4n) is 4.52. The second-order valence-electron chi connectivity index (χ2n) is 9.26. The van der Waals surface area contributed by atoms with Crippen LogP contribution in [0, 0.1) is 6.92 Å². The first-order chi connectivity index (χ1) is 19.0. The number of sulfonamides is 1. The van der Waals surface area contributed by atoms with Gasteiger partial charge >= 0.3 is 11.9 Å². The second kappa shape index (κ2) is 12.8. The van der Waals surface area contributed by atoms with Crippen molar-refractivity contribution in [3.8, 4) is 16.2 Å². The molecule has 1 saturated heterocycles. The van der Waals surface area contributed by atoms with E-state index >= 15 is 0 Å². The Labute approximate surface area is 246 Å². The van der Waals surface area contributed by atoms with Crippen molar-refractivity contribution in [1.29, 1.82) is 0 Å². The van der Waals surface area contributed by atoms with Crippen LogP contribution in [0.1, 0.15) is 33.6 Å². The summed E-state index contributed by atoms with van der Waals surface area (Å²) in [5, 5.41) is 13.1. The number of aliphatic carboxylic acids is 1. The summed E-state index contributed by atoms with van der Waals surface area (Å²) in [5.41, 5.74) is 2.77. The number of hydrogen-bond acceptors (Lipinski definition) is 8. The third-order valence-electron chi connectivity index (χ3n) is 6.51. The number of carboxylic acid groups (broad SMARTS) is 1. The van der Waals surface area contributed by atoms with Crippen LogP contribution >= 0.6 is 34.5 Å². The highest BCUT2D eigenvalue weighted by Gasteiger charge is 2.29. The van der Waals surface area contributed by atoms with Crippen LogP contribution in [0.2, 0.25) is 10.0 Å². The van der Waals surface area contributed by atoms with Crippen molar-refractivity contribution in [2.75, 3.05) is 32.1 Å². The monoisotopic (exact) mass is 626 g/mol. The first-order valence-electron chi connectivity index (χ1n) is 12.3. The van der Waals surface area contributed by atoms with Crippen LogP contribution < -0.4 is 10.1 Å². The minimum absolute atomic E-state index is 0.0565. The summed E-state index contributed by atoms with van der Waals surface area (Å²) in [6.45, 7) is 1.93. The Kier molecular flexibility index (Phi) is 9.63. The molecule has 9 nitrogen and oxygen atoms in total. The van der Waals surface area contributed by atoms with E-state index in [1.165, 1.54) is 22.8 Å². The zero-order valence-corrected chi connectivity index (χ0v) is 24.9. The molecule has 0 bridgehead atoms. The highest BCUT2D eigenvalue weighted by atomic mass is 35.5. The molecule has 13 heteroatoms. The van der Waals surface area contributed by atoms with Gasteiger partial charge in [-0.05, 0) is 49.1 Å². The highest BCUT2D eigenvalue weighted by molar-refractivity contribution is 7.88. The van der Waals surface area contributed by atoms with Gasteiger partial charge in [0.25, 0.3) is 0 Å². The Morgan fingerprint density at radius 2 is 1.85 bits per heavy atom. The summed E-state index contributed by atoms with van der Waals surface area (Å²) in [4.78, 5) is 24.3. The standard InChI is InChI=1S/C27H28Cl2N2O7S2/c1-16-24(38-14-22(32)33)26(27(34)37-2)39-25(16)17-5-3-7-20(13-17)30-19-9-11-31(12-10-19)40(35,36)15-18-6-4-8-21(28)23(18)29/h3-8,13,19,30H,9-12,14-15H2,1-2H3,(H,32,33). The van der Waals surface area contributed by atoms with Crippen LogP contribution in [0.25, 0.3) is 10.4 Å². The Hall–Kier alpha value is -2.83. The number of carbonyl (C=O) groups is 2. The minimum Gasteiger partial charge on any atom is -0.480 e. The molecule has 2 N–H and O–H groups in total. The van der Waals surface area contributed by atoms with E-state index in [1.54, 1.807) is 25.1 Å². The Balaban J connectivity index is 1.44. The summed E-state index contributed by atoms with van der Waals surface area (Å²) >= 11 is 13.4. The summed E-state index contributed by atoms with van der Waals surface area (Å²) in [7, 11) is -2.31. The molecule has 0 aliphatic carbocycles. The number of ether oxygens (including phenoxy) is 2. The SMILES string of the molecule is COC(=O)c1sc(-c2cccc(NC3CCN(S(=O)(=O)Cc4cccc(Cl)c4Cl)CC3)c2)c(C)c1OCC(=O)O. The van der Waals surface area contributed by atoms with Crippen molar-refractivity contribution in [2.45, 2.75) is 31.6 Å². The third-order valence-corrected chi connectivity index (χ3v) is 10.5. The van der Waals surface area contributed by atoms with Gasteiger partial charge in [0.1, 0.15) is 5.75 Å². The molecular weight excluding hydrogens is 599 g/mol. The van der Waals surface area contributed by atoms with Crippen LogP contribution in [0.15, 0.2) is 42.5 Å². The maximum absolute atomic E-state index is 13.0. The van der Waals surface area contributed by atoms with Crippen molar-refractivity contribution in [3.63, 3.8) is 0 Å². The third kappa shape index (κ3) is 6.90. The van der Waals surface area contributed by atoms with Gasteiger partial charge in [-0.15, -0.1) is 11.3 Å². The lowest BCUT2D eigenvalue weighted by atomic mass is 10.0. The molecule has 214 valence electrons. The number of nitrogens with one attached hydrogen (secondary N) is 1. The molecule has 0 saturated carbocycles. The van der Waals surface area contributed by atoms with Gasteiger partial charge in [0.05, 0.1) is 22.9 Å². The second-order valence-corrected chi connectivity index (χ2v) is 13.0. The van der Waals surface area contributed by atoms with E-state index in [4.69, 9.17) is 37.8 Å². The van der Waals surface area contributed by atoms with E-state index in [0.29, 0.717) is 42.1 Å². The first-order valence-corrected chi connectivity index (χ1v) is 15.5. The molecular formula is C27H28Cl2N2O7S2. The van der Waals surface area contributed by atoms with Crippen LogP contribution in [0.5, 0.6) is 5.75 Å². The number of carbonyl (C=O) groups excluding carboxylic acids is 1. The van der Waals surface area contributed by atoms with E-state index in [0.717, 1.165) is 16.1 Å². The van der Waals surface area contributed by atoms with Crippen LogP contribution in [-0.4, -0.2) is 62.6 Å². The fourth-order valence-corrected chi connectivity index (χ4v) is 7.74. The quantitative estimate of drug-likeness (QED) is 0.275. The number of methoxy groups -OCH3 is 1. The predicted octanol–water partition coefficient (Wildman–Crippen LogP) is 5.69. The number of carboxylic acids is 1. The van der Waals surface area contributed by atoms with Crippen molar-refractivity contribution in [1.82, 2.24) is 4.31 Å². The largest absolute Gasteiger partial charge is 0.480 e. The number of benzene rings is 2. The molecule has 1 aliphatic rings. The van der Waals surface area contributed by atoms with E-state index < -0.39 is 28.6 Å². The molecule has 0 atom stereocenters. The van der Waals surface area contributed by atoms with Crippen molar-refractivity contribution in [2.24, 2.45) is 0 Å². The summed E-state index contributed by atoms with van der Waals surface area (Å²) in [6.07, 6.45) is 1.23. The van der Waals surface area contributed by atoms with E-state index in [-0.39, 0.29) is 27.4 Å². The number of thiophene rings is 1. The lowest BCUT2D eigenvalue weighted by Crippen LogP contribution is -2.42. The molecule has 2 aromatic carbocycles. The smallest absolute Gasteiger partial charge is 0.351 e. The fraction of sp³-hybridized carbons (Fsp3) is 0.333. The maximum atomic E-state index is 13.0. The van der Waals surface area contributed by atoms with Gasteiger partial charge in [0.2, 0.25) is 10.0 Å². The molecule has 4 rings (SSSR count). The normalized spacial score (nSPS) is 14.6. The van der Waals surface area contributed by atoms with Crippen molar-refractivity contribution < 1.29 is 32.6 Å². The summed E-state index contributed by atoms with van der Waals surface area (Å²) < 4.78 is 37.8. The zero-order chi connectivity index (χ0) is 29.0. The van der Waals surface area contributed by atoms with E-state index in [2.05, 4.69) is 5.32 Å². The molecule has 0 spiro atoms. The molecule has 1 aromatic heterocycles. The van der Waals surface area contributed by atoms with Gasteiger partial charge in [-0.1, -0.05) is 47.5 Å². The van der Waals surface area contributed by atoms with Crippen LogP contribution in [0.3, 0.4) is 0 Å². The number of nitrogens with zero attached hydrogens (tertiary/aromatic N) is 1. The Morgan fingerprint density at radius 3 is 2.52 bits per heavy atom. The molecule has 3 aromatic rings. The minimum atomic E-state index is -3.56. The summed E-state index contributed by atoms with van der Waals surface area (Å²) in [5.74, 6) is -1.77. The van der Waals surface area contributed by atoms with Crippen molar-refractivity contribution in [3.05, 3.63) is 68.5 Å². The molecule has 40 heavy (non-hydrogen) atoms. The van der Waals surface area contributed by atoms with Gasteiger partial charge < -0.3 is 19.9 Å². The molecule has 2 heterocycles. The van der Waals surface area contributed by atoms with Gasteiger partial charge in [-0.25, -0.2) is 22.3 Å².